The van der Waals surface area contributed by atoms with Crippen LogP contribution in [0.4, 0.5) is 16.2 Å². The topological polar surface area (TPSA) is 86.0 Å². The van der Waals surface area contributed by atoms with Crippen LogP contribution in [-0.4, -0.2) is 23.5 Å². The van der Waals surface area contributed by atoms with Gasteiger partial charge in [0.15, 0.2) is 0 Å². The summed E-state index contributed by atoms with van der Waals surface area (Å²) >= 11 is 5.96. The van der Waals surface area contributed by atoms with E-state index >= 15 is 0 Å². The second kappa shape index (κ2) is 7.27. The van der Waals surface area contributed by atoms with Gasteiger partial charge in [-0.1, -0.05) is 17.7 Å². The molecule has 0 bridgehead atoms. The van der Waals surface area contributed by atoms with Gasteiger partial charge in [-0.3, -0.25) is 4.79 Å². The molecule has 0 saturated carbocycles. The molecule has 3 aromatic rings. The Kier molecular flexibility index (Phi) is 4.90. The summed E-state index contributed by atoms with van der Waals surface area (Å²) in [5, 5.41) is 9.63. The molecule has 0 radical (unpaired) electrons. The van der Waals surface area contributed by atoms with Crippen LogP contribution in [0, 0.1) is 0 Å². The molecule has 0 unspecified atom stereocenters. The third-order valence-corrected chi connectivity index (χ3v) is 3.78. The Morgan fingerprint density at radius 2 is 1.80 bits per heavy atom. The van der Waals surface area contributed by atoms with Crippen molar-refractivity contribution in [3.63, 3.8) is 0 Å². The highest BCUT2D eigenvalue weighted by Gasteiger charge is 2.11. The molecule has 1 aromatic heterocycles. The van der Waals surface area contributed by atoms with Gasteiger partial charge in [0.05, 0.1) is 0 Å². The van der Waals surface area contributed by atoms with Crippen molar-refractivity contribution >= 4 is 45.8 Å². The minimum Gasteiger partial charge on any atom is -0.351 e. The van der Waals surface area contributed by atoms with Gasteiger partial charge in [-0.2, -0.15) is 0 Å². The predicted molar refractivity (Wildman–Crippen MR) is 100 cm³/mol. The average molecular weight is 357 g/mol. The number of benzene rings is 2. The van der Waals surface area contributed by atoms with E-state index in [-0.39, 0.29) is 11.9 Å². The molecule has 0 spiro atoms. The molecule has 128 valence electrons. The van der Waals surface area contributed by atoms with E-state index < -0.39 is 0 Å². The smallest absolute Gasteiger partial charge is 0.319 e. The number of aromatic nitrogens is 1. The van der Waals surface area contributed by atoms with E-state index in [1.54, 1.807) is 42.5 Å². The molecule has 7 heteroatoms. The number of amides is 3. The van der Waals surface area contributed by atoms with Crippen LogP contribution in [0.5, 0.6) is 0 Å². The number of hydrogen-bond donors (Lipinski definition) is 4. The van der Waals surface area contributed by atoms with Crippen LogP contribution in [0.2, 0.25) is 5.02 Å². The normalized spacial score (nSPS) is 10.5. The zero-order valence-corrected chi connectivity index (χ0v) is 14.3. The molecule has 4 N–H and O–H groups in total. The summed E-state index contributed by atoms with van der Waals surface area (Å²) in [5.41, 5.74) is 2.43. The van der Waals surface area contributed by atoms with E-state index in [2.05, 4.69) is 20.9 Å². The third-order valence-electron chi connectivity index (χ3n) is 3.54. The second-order valence-electron chi connectivity index (χ2n) is 5.43. The zero-order valence-electron chi connectivity index (χ0n) is 13.5. The van der Waals surface area contributed by atoms with Crippen molar-refractivity contribution in [2.24, 2.45) is 0 Å². The molecule has 0 atom stereocenters. The molecule has 0 aliphatic carbocycles. The fourth-order valence-corrected chi connectivity index (χ4v) is 2.62. The molecule has 0 aliphatic rings. The number of nitrogens with one attached hydrogen (secondary N) is 4. The van der Waals surface area contributed by atoms with Gasteiger partial charge < -0.3 is 20.9 Å². The Hall–Kier alpha value is -2.99. The number of urea groups is 1. The maximum atomic E-state index is 12.4. The largest absolute Gasteiger partial charge is 0.351 e. The van der Waals surface area contributed by atoms with Crippen molar-refractivity contribution in [1.29, 1.82) is 0 Å². The first-order chi connectivity index (χ1) is 12.0. The highest BCUT2D eigenvalue weighted by atomic mass is 35.5. The number of aromatic amines is 1. The first-order valence-electron chi connectivity index (χ1n) is 7.79. The van der Waals surface area contributed by atoms with Gasteiger partial charge >= 0.3 is 6.03 Å². The van der Waals surface area contributed by atoms with E-state index in [0.29, 0.717) is 28.6 Å². The summed E-state index contributed by atoms with van der Waals surface area (Å²) in [4.78, 5) is 27.1. The lowest BCUT2D eigenvalue weighted by Crippen LogP contribution is -2.28. The van der Waals surface area contributed by atoms with E-state index in [4.69, 9.17) is 11.6 Å². The van der Waals surface area contributed by atoms with Crippen molar-refractivity contribution in [2.75, 3.05) is 17.2 Å². The zero-order chi connectivity index (χ0) is 17.8. The standard InChI is InChI=1S/C18H17ClN4O2/c1-2-20-18(25)22-14-5-3-4-13(10-14)21-17(24)16-9-11-8-12(19)6-7-15(11)23-16/h3-10,23H,2H2,1H3,(H,21,24)(H2,20,22,25). The summed E-state index contributed by atoms with van der Waals surface area (Å²) in [7, 11) is 0. The van der Waals surface area contributed by atoms with Crippen molar-refractivity contribution in [1.82, 2.24) is 10.3 Å². The van der Waals surface area contributed by atoms with E-state index in [9.17, 15) is 9.59 Å². The summed E-state index contributed by atoms with van der Waals surface area (Å²) in [5.74, 6) is -0.275. The van der Waals surface area contributed by atoms with E-state index in [1.807, 2.05) is 13.0 Å². The van der Waals surface area contributed by atoms with Crippen LogP contribution in [0.3, 0.4) is 0 Å². The number of carbonyl (C=O) groups is 2. The fraction of sp³-hybridized carbons (Fsp3) is 0.111. The first kappa shape index (κ1) is 16.9. The molecule has 3 amide bonds. The number of carbonyl (C=O) groups excluding carboxylic acids is 2. The third kappa shape index (κ3) is 4.10. The highest BCUT2D eigenvalue weighted by Crippen LogP contribution is 2.21. The lowest BCUT2D eigenvalue weighted by Gasteiger charge is -2.08. The molecule has 2 aromatic carbocycles. The average Bonchev–Trinajstić information content (AvgIpc) is 2.98. The number of hydrogen-bond acceptors (Lipinski definition) is 2. The van der Waals surface area contributed by atoms with Crippen molar-refractivity contribution in [2.45, 2.75) is 6.92 Å². The molecule has 25 heavy (non-hydrogen) atoms. The molecule has 0 saturated heterocycles. The van der Waals surface area contributed by atoms with Crippen molar-refractivity contribution in [3.8, 4) is 0 Å². The quantitative estimate of drug-likeness (QED) is 0.564. The summed E-state index contributed by atoms with van der Waals surface area (Å²) in [6, 6.07) is 13.8. The number of halogens is 1. The number of anilines is 2. The lowest BCUT2D eigenvalue weighted by atomic mass is 10.2. The SMILES string of the molecule is CCNC(=O)Nc1cccc(NC(=O)c2cc3cc(Cl)ccc3[nH]2)c1. The Balaban J connectivity index is 1.74. The predicted octanol–water partition coefficient (Wildman–Crippen LogP) is 4.22. The van der Waals surface area contributed by atoms with Gasteiger partial charge in [-0.15, -0.1) is 0 Å². The van der Waals surface area contributed by atoms with E-state index in [0.717, 1.165) is 10.9 Å². The summed E-state index contributed by atoms with van der Waals surface area (Å²) < 4.78 is 0. The van der Waals surface area contributed by atoms with Crippen LogP contribution in [0.1, 0.15) is 17.4 Å². The molecule has 0 fully saturated rings. The first-order valence-corrected chi connectivity index (χ1v) is 8.17. The molecular weight excluding hydrogens is 340 g/mol. The number of rotatable bonds is 4. The second-order valence-corrected chi connectivity index (χ2v) is 5.87. The van der Waals surface area contributed by atoms with Gasteiger partial charge in [0.2, 0.25) is 0 Å². The molecule has 0 aliphatic heterocycles. The Bertz CT molecular complexity index is 936. The lowest BCUT2D eigenvalue weighted by molar-refractivity contribution is 0.102. The Morgan fingerprint density at radius 3 is 2.56 bits per heavy atom. The minimum absolute atomic E-state index is 0.275. The van der Waals surface area contributed by atoms with Gasteiger partial charge in [0, 0.05) is 33.8 Å². The minimum atomic E-state index is -0.293. The monoisotopic (exact) mass is 356 g/mol. The molecule has 6 nitrogen and oxygen atoms in total. The Labute approximate surface area is 149 Å². The summed E-state index contributed by atoms with van der Waals surface area (Å²) in [6.07, 6.45) is 0. The van der Waals surface area contributed by atoms with Crippen molar-refractivity contribution < 1.29 is 9.59 Å². The summed E-state index contributed by atoms with van der Waals surface area (Å²) in [6.45, 7) is 2.37. The van der Waals surface area contributed by atoms with Crippen LogP contribution < -0.4 is 16.0 Å². The highest BCUT2D eigenvalue weighted by molar-refractivity contribution is 6.31. The fourth-order valence-electron chi connectivity index (χ4n) is 2.43. The van der Waals surface area contributed by atoms with E-state index in [1.165, 1.54) is 0 Å². The van der Waals surface area contributed by atoms with Crippen LogP contribution in [0.25, 0.3) is 10.9 Å². The molecular formula is C18H17ClN4O2. The van der Waals surface area contributed by atoms with Gasteiger partial charge in [0.25, 0.3) is 5.91 Å². The number of fused-ring (bicyclic) bond motifs is 1. The van der Waals surface area contributed by atoms with Crippen LogP contribution in [0.15, 0.2) is 48.5 Å². The van der Waals surface area contributed by atoms with Crippen LogP contribution in [-0.2, 0) is 0 Å². The van der Waals surface area contributed by atoms with Gasteiger partial charge in [0.1, 0.15) is 5.69 Å². The molecule has 1 heterocycles. The van der Waals surface area contributed by atoms with Gasteiger partial charge in [-0.05, 0) is 49.4 Å². The Morgan fingerprint density at radius 1 is 1.04 bits per heavy atom. The van der Waals surface area contributed by atoms with Gasteiger partial charge in [-0.25, -0.2) is 4.79 Å². The number of H-pyrrole nitrogens is 1. The maximum absolute atomic E-state index is 12.4. The van der Waals surface area contributed by atoms with Crippen LogP contribution >= 0.6 is 11.6 Å². The van der Waals surface area contributed by atoms with Crippen molar-refractivity contribution in [3.05, 3.63) is 59.2 Å². The maximum Gasteiger partial charge on any atom is 0.319 e. The molecule has 3 rings (SSSR count).